The lowest BCUT2D eigenvalue weighted by Gasteiger charge is -2.39. The molecule has 0 aliphatic rings. The van der Waals surface area contributed by atoms with Crippen LogP contribution in [0, 0.1) is 0 Å². The van der Waals surface area contributed by atoms with Crippen molar-refractivity contribution in [3.63, 3.8) is 0 Å². The molecule has 0 radical (unpaired) electrons. The Balaban J connectivity index is 2.88. The third kappa shape index (κ3) is 8.72. The van der Waals surface area contributed by atoms with Gasteiger partial charge in [-0.3, -0.25) is 0 Å². The molecule has 0 amide bonds. The van der Waals surface area contributed by atoms with Crippen molar-refractivity contribution in [1.29, 1.82) is 0 Å². The zero-order valence-corrected chi connectivity index (χ0v) is 17.2. The number of nitrogens with zero attached hydrogens (tertiary/aromatic N) is 1. The van der Waals surface area contributed by atoms with Crippen molar-refractivity contribution >= 4 is 6.08 Å². The van der Waals surface area contributed by atoms with Gasteiger partial charge in [0.15, 0.2) is 0 Å². The number of benzene rings is 1. The van der Waals surface area contributed by atoms with Gasteiger partial charge in [-0.05, 0) is 44.1 Å². The van der Waals surface area contributed by atoms with Gasteiger partial charge in [-0.15, -0.1) is 0 Å². The van der Waals surface area contributed by atoms with Crippen LogP contribution in [0.5, 0.6) is 0 Å². The average Bonchev–Trinajstić information content (AvgIpc) is 2.63. The van der Waals surface area contributed by atoms with Crippen molar-refractivity contribution in [2.45, 2.75) is 85.1 Å². The Morgan fingerprint density at radius 3 is 1.52 bits per heavy atom. The molecule has 0 spiro atoms. The molecule has 1 aromatic rings. The SMILES string of the molecule is C=Cc1ccc(C[N+](CCCCC)(CCCCC)CCCCC)cc1. The van der Waals surface area contributed by atoms with Gasteiger partial charge >= 0.3 is 0 Å². The van der Waals surface area contributed by atoms with E-state index in [9.17, 15) is 0 Å². The minimum absolute atomic E-state index is 1.20. The lowest BCUT2D eigenvalue weighted by atomic mass is 10.1. The van der Waals surface area contributed by atoms with Gasteiger partial charge in [0.25, 0.3) is 0 Å². The van der Waals surface area contributed by atoms with Gasteiger partial charge in [-0.25, -0.2) is 0 Å². The first kappa shape index (κ1) is 22.0. The van der Waals surface area contributed by atoms with E-state index in [0.29, 0.717) is 0 Å². The van der Waals surface area contributed by atoms with Gasteiger partial charge in [-0.1, -0.05) is 77.0 Å². The van der Waals surface area contributed by atoms with Crippen LogP contribution in [0.25, 0.3) is 6.08 Å². The van der Waals surface area contributed by atoms with E-state index < -0.39 is 0 Å². The van der Waals surface area contributed by atoms with Crippen LogP contribution in [-0.2, 0) is 6.54 Å². The molecule has 0 saturated heterocycles. The van der Waals surface area contributed by atoms with Crippen molar-refractivity contribution in [2.24, 2.45) is 0 Å². The zero-order valence-electron chi connectivity index (χ0n) is 17.2. The van der Waals surface area contributed by atoms with Crippen LogP contribution in [0.1, 0.15) is 89.7 Å². The molecule has 0 saturated carbocycles. The molecule has 0 aromatic heterocycles. The largest absolute Gasteiger partial charge is 0.320 e. The predicted octanol–water partition coefficient (Wildman–Crippen LogP) is 7.22. The molecule has 1 nitrogen and oxygen atoms in total. The minimum Gasteiger partial charge on any atom is -0.320 e. The summed E-state index contributed by atoms with van der Waals surface area (Å²) in [6.45, 7) is 16.1. The molecule has 0 fully saturated rings. The van der Waals surface area contributed by atoms with Gasteiger partial charge in [-0.2, -0.15) is 0 Å². The summed E-state index contributed by atoms with van der Waals surface area (Å²) in [6, 6.07) is 9.09. The molecule has 0 unspecified atom stereocenters. The second-order valence-corrected chi connectivity index (χ2v) is 7.74. The lowest BCUT2D eigenvalue weighted by Crippen LogP contribution is -2.49. The summed E-state index contributed by atoms with van der Waals surface area (Å²) in [6.07, 6.45) is 14.1. The Morgan fingerprint density at radius 1 is 0.720 bits per heavy atom. The van der Waals surface area contributed by atoms with Gasteiger partial charge in [0.2, 0.25) is 0 Å². The average molecular weight is 345 g/mol. The van der Waals surface area contributed by atoms with Gasteiger partial charge in [0.1, 0.15) is 6.54 Å². The van der Waals surface area contributed by atoms with Crippen LogP contribution in [0.4, 0.5) is 0 Å². The number of rotatable bonds is 15. The Hall–Kier alpha value is -1.08. The summed E-state index contributed by atoms with van der Waals surface area (Å²) in [4.78, 5) is 0. The maximum absolute atomic E-state index is 3.88. The van der Waals surface area contributed by atoms with E-state index in [1.54, 1.807) is 0 Å². The van der Waals surface area contributed by atoms with Crippen molar-refractivity contribution < 1.29 is 4.48 Å². The zero-order chi connectivity index (χ0) is 18.4. The maximum Gasteiger partial charge on any atom is 0.104 e. The van der Waals surface area contributed by atoms with E-state index in [1.165, 1.54) is 99.6 Å². The molecular formula is C24H42N+. The third-order valence-corrected chi connectivity index (χ3v) is 5.44. The fraction of sp³-hybridized carbons (Fsp3) is 0.667. The third-order valence-electron chi connectivity index (χ3n) is 5.44. The normalized spacial score (nSPS) is 11.6. The molecular weight excluding hydrogens is 302 g/mol. The summed E-state index contributed by atoms with van der Waals surface area (Å²) in [5.41, 5.74) is 2.72. The molecule has 1 heteroatoms. The number of hydrogen-bond donors (Lipinski definition) is 0. The molecule has 1 rings (SSSR count). The second-order valence-electron chi connectivity index (χ2n) is 7.74. The van der Waals surface area contributed by atoms with Crippen LogP contribution < -0.4 is 0 Å². The Bertz CT molecular complexity index is 419. The molecule has 0 atom stereocenters. The van der Waals surface area contributed by atoms with Crippen molar-refractivity contribution in [3.05, 3.63) is 42.0 Å². The topological polar surface area (TPSA) is 0 Å². The Morgan fingerprint density at radius 2 is 1.16 bits per heavy atom. The van der Waals surface area contributed by atoms with E-state index in [1.807, 2.05) is 6.08 Å². The lowest BCUT2D eigenvalue weighted by molar-refractivity contribution is -0.941. The summed E-state index contributed by atoms with van der Waals surface area (Å²) in [7, 11) is 0. The predicted molar refractivity (Wildman–Crippen MR) is 114 cm³/mol. The van der Waals surface area contributed by atoms with E-state index in [0.717, 1.165) is 0 Å². The molecule has 0 N–H and O–H groups in total. The van der Waals surface area contributed by atoms with Crippen molar-refractivity contribution in [2.75, 3.05) is 19.6 Å². The summed E-state index contributed by atoms with van der Waals surface area (Å²) in [5.74, 6) is 0. The highest BCUT2D eigenvalue weighted by atomic mass is 15.3. The molecule has 0 aliphatic heterocycles. The highest BCUT2D eigenvalue weighted by molar-refractivity contribution is 5.47. The second kappa shape index (κ2) is 13.2. The maximum atomic E-state index is 3.88. The quantitative estimate of drug-likeness (QED) is 0.233. The van der Waals surface area contributed by atoms with Crippen LogP contribution >= 0.6 is 0 Å². The highest BCUT2D eigenvalue weighted by Crippen LogP contribution is 2.21. The van der Waals surface area contributed by atoms with Crippen LogP contribution in [-0.4, -0.2) is 24.1 Å². The number of hydrogen-bond acceptors (Lipinski definition) is 0. The van der Waals surface area contributed by atoms with Gasteiger partial charge in [0.05, 0.1) is 19.6 Å². The number of quaternary nitrogens is 1. The standard InChI is InChI=1S/C24H42N/c1-5-9-12-19-25(20-13-10-6-2,21-14-11-7-3)22-24-17-15-23(8-4)16-18-24/h8,15-18H,4-7,9-14,19-22H2,1-3H3/q+1. The molecule has 1 aromatic carbocycles. The molecule has 0 aliphatic carbocycles. The van der Waals surface area contributed by atoms with E-state index in [2.05, 4.69) is 51.6 Å². The van der Waals surface area contributed by atoms with E-state index >= 15 is 0 Å². The molecule has 0 bridgehead atoms. The van der Waals surface area contributed by atoms with Crippen LogP contribution in [0.2, 0.25) is 0 Å². The summed E-state index contributed by atoms with van der Waals surface area (Å²) in [5, 5.41) is 0. The number of unbranched alkanes of at least 4 members (excludes halogenated alkanes) is 6. The Labute approximate surface area is 157 Å². The van der Waals surface area contributed by atoms with E-state index in [4.69, 9.17) is 0 Å². The van der Waals surface area contributed by atoms with Crippen molar-refractivity contribution in [1.82, 2.24) is 0 Å². The molecule has 142 valence electrons. The highest BCUT2D eigenvalue weighted by Gasteiger charge is 2.26. The first-order valence-electron chi connectivity index (χ1n) is 10.8. The summed E-state index contributed by atoms with van der Waals surface area (Å²) < 4.78 is 1.30. The van der Waals surface area contributed by atoms with Crippen LogP contribution in [0.3, 0.4) is 0 Å². The minimum atomic E-state index is 1.20. The smallest absolute Gasteiger partial charge is 0.104 e. The fourth-order valence-corrected chi connectivity index (χ4v) is 3.81. The van der Waals surface area contributed by atoms with E-state index in [-0.39, 0.29) is 0 Å². The Kier molecular flexibility index (Phi) is 11.6. The fourth-order valence-electron chi connectivity index (χ4n) is 3.81. The first-order chi connectivity index (χ1) is 12.2. The monoisotopic (exact) mass is 344 g/mol. The van der Waals surface area contributed by atoms with Crippen LogP contribution in [0.15, 0.2) is 30.8 Å². The molecule has 25 heavy (non-hydrogen) atoms. The van der Waals surface area contributed by atoms with Gasteiger partial charge in [0, 0.05) is 5.56 Å². The first-order valence-corrected chi connectivity index (χ1v) is 10.8. The van der Waals surface area contributed by atoms with Gasteiger partial charge < -0.3 is 4.48 Å². The summed E-state index contributed by atoms with van der Waals surface area (Å²) >= 11 is 0. The van der Waals surface area contributed by atoms with Crippen molar-refractivity contribution in [3.8, 4) is 0 Å². The molecule has 0 heterocycles.